The summed E-state index contributed by atoms with van der Waals surface area (Å²) in [4.78, 5) is 0. The zero-order valence-electron chi connectivity index (χ0n) is 9.18. The molecule has 2 heteroatoms. The van der Waals surface area contributed by atoms with Crippen LogP contribution in [0.25, 0.3) is 5.57 Å². The molecule has 0 amide bonds. The Morgan fingerprint density at radius 3 is 2.93 bits per heavy atom. The van der Waals surface area contributed by atoms with Crippen molar-refractivity contribution in [2.75, 3.05) is 7.05 Å². The van der Waals surface area contributed by atoms with E-state index in [4.69, 9.17) is 11.6 Å². The molecule has 1 N–H and O–H groups in total. The number of rotatable bonds is 2. The van der Waals surface area contributed by atoms with Crippen LogP contribution < -0.4 is 5.32 Å². The predicted molar refractivity (Wildman–Crippen MR) is 66.3 cm³/mol. The molecule has 0 aliphatic heterocycles. The number of nitrogens with one attached hydrogen (secondary N) is 1. The first-order chi connectivity index (χ1) is 7.24. The molecule has 2 rings (SSSR count). The number of fused-ring (bicyclic) bond motifs is 1. The Bertz CT molecular complexity index is 396. The van der Waals surface area contributed by atoms with E-state index in [0.717, 1.165) is 17.9 Å². The van der Waals surface area contributed by atoms with Crippen molar-refractivity contribution >= 4 is 17.2 Å². The van der Waals surface area contributed by atoms with E-state index in [-0.39, 0.29) is 0 Å². The van der Waals surface area contributed by atoms with Crippen molar-refractivity contribution in [1.29, 1.82) is 0 Å². The van der Waals surface area contributed by atoms with Gasteiger partial charge in [0.25, 0.3) is 0 Å². The van der Waals surface area contributed by atoms with Crippen LogP contribution in [0.4, 0.5) is 0 Å². The molecule has 1 aliphatic rings. The van der Waals surface area contributed by atoms with Crippen molar-refractivity contribution in [3.63, 3.8) is 0 Å². The second kappa shape index (κ2) is 4.38. The largest absolute Gasteiger partial charge is 0.313 e. The molecule has 0 saturated carbocycles. The maximum atomic E-state index is 6.21. The lowest BCUT2D eigenvalue weighted by Gasteiger charge is -2.23. The number of likely N-dealkylation sites (N-methyl/N-ethyl adjacent to an activating group) is 1. The van der Waals surface area contributed by atoms with Crippen LogP contribution in [0.5, 0.6) is 0 Å². The zero-order valence-corrected chi connectivity index (χ0v) is 9.93. The van der Waals surface area contributed by atoms with E-state index < -0.39 is 0 Å². The first kappa shape index (κ1) is 10.7. The number of allylic oxidation sites excluding steroid dienone is 1. The molecule has 0 fully saturated rings. The molecule has 0 saturated heterocycles. The van der Waals surface area contributed by atoms with Crippen molar-refractivity contribution in [2.45, 2.75) is 25.8 Å². The SMILES string of the molecule is CNC(C)C1=CCCc2c(Cl)cccc21. The molecule has 15 heavy (non-hydrogen) atoms. The van der Waals surface area contributed by atoms with Crippen LogP contribution >= 0.6 is 11.6 Å². The van der Waals surface area contributed by atoms with E-state index in [1.54, 1.807) is 0 Å². The lowest BCUT2D eigenvalue weighted by molar-refractivity contribution is 0.736. The van der Waals surface area contributed by atoms with Gasteiger partial charge in [-0.3, -0.25) is 0 Å². The Labute approximate surface area is 96.1 Å². The molecule has 80 valence electrons. The van der Waals surface area contributed by atoms with Crippen LogP contribution in [-0.4, -0.2) is 13.1 Å². The molecule has 1 aliphatic carbocycles. The van der Waals surface area contributed by atoms with Gasteiger partial charge in [0.1, 0.15) is 0 Å². The average molecular weight is 222 g/mol. The molecular weight excluding hydrogens is 206 g/mol. The van der Waals surface area contributed by atoms with Crippen LogP contribution in [-0.2, 0) is 6.42 Å². The molecule has 1 aromatic carbocycles. The summed E-state index contributed by atoms with van der Waals surface area (Å²) >= 11 is 6.21. The summed E-state index contributed by atoms with van der Waals surface area (Å²) in [6.07, 6.45) is 4.48. The third-order valence-corrected chi connectivity index (χ3v) is 3.44. The van der Waals surface area contributed by atoms with Crippen molar-refractivity contribution in [3.05, 3.63) is 40.4 Å². The topological polar surface area (TPSA) is 12.0 Å². The van der Waals surface area contributed by atoms with E-state index in [1.165, 1.54) is 16.7 Å². The summed E-state index contributed by atoms with van der Waals surface area (Å²) in [5.41, 5.74) is 4.00. The molecule has 0 bridgehead atoms. The summed E-state index contributed by atoms with van der Waals surface area (Å²) in [6.45, 7) is 2.18. The van der Waals surface area contributed by atoms with Gasteiger partial charge < -0.3 is 5.32 Å². The Morgan fingerprint density at radius 2 is 2.20 bits per heavy atom. The third kappa shape index (κ3) is 1.95. The van der Waals surface area contributed by atoms with Crippen molar-refractivity contribution in [1.82, 2.24) is 5.32 Å². The van der Waals surface area contributed by atoms with Gasteiger partial charge in [-0.25, -0.2) is 0 Å². The Balaban J connectivity index is 2.47. The highest BCUT2D eigenvalue weighted by Gasteiger charge is 2.17. The molecule has 1 unspecified atom stereocenters. The van der Waals surface area contributed by atoms with Gasteiger partial charge >= 0.3 is 0 Å². The highest BCUT2D eigenvalue weighted by atomic mass is 35.5. The molecule has 0 radical (unpaired) electrons. The van der Waals surface area contributed by atoms with E-state index in [0.29, 0.717) is 6.04 Å². The van der Waals surface area contributed by atoms with Crippen molar-refractivity contribution in [3.8, 4) is 0 Å². The zero-order chi connectivity index (χ0) is 10.8. The lowest BCUT2D eigenvalue weighted by atomic mass is 9.87. The fraction of sp³-hybridized carbons (Fsp3) is 0.385. The monoisotopic (exact) mass is 221 g/mol. The summed E-state index contributed by atoms with van der Waals surface area (Å²) in [5, 5.41) is 4.19. The summed E-state index contributed by atoms with van der Waals surface area (Å²) in [6, 6.07) is 6.57. The third-order valence-electron chi connectivity index (χ3n) is 3.09. The molecule has 1 atom stereocenters. The number of hydrogen-bond acceptors (Lipinski definition) is 1. The minimum Gasteiger partial charge on any atom is -0.313 e. The Kier molecular flexibility index (Phi) is 3.13. The quantitative estimate of drug-likeness (QED) is 0.808. The minimum atomic E-state index is 0.391. The molecule has 1 nitrogen and oxygen atoms in total. The van der Waals surface area contributed by atoms with E-state index in [1.807, 2.05) is 19.2 Å². The number of benzene rings is 1. The summed E-state index contributed by atoms with van der Waals surface area (Å²) in [7, 11) is 1.99. The van der Waals surface area contributed by atoms with E-state index in [2.05, 4.69) is 24.4 Å². The predicted octanol–water partition coefficient (Wildman–Crippen LogP) is 3.28. The van der Waals surface area contributed by atoms with Crippen molar-refractivity contribution < 1.29 is 0 Å². The smallest absolute Gasteiger partial charge is 0.0444 e. The second-order valence-electron chi connectivity index (χ2n) is 3.97. The summed E-state index contributed by atoms with van der Waals surface area (Å²) < 4.78 is 0. The van der Waals surface area contributed by atoms with Gasteiger partial charge in [0, 0.05) is 11.1 Å². The van der Waals surface area contributed by atoms with Crippen LogP contribution in [0.1, 0.15) is 24.5 Å². The molecule has 0 aromatic heterocycles. The highest BCUT2D eigenvalue weighted by Crippen LogP contribution is 2.32. The maximum absolute atomic E-state index is 6.21. The maximum Gasteiger partial charge on any atom is 0.0444 e. The van der Waals surface area contributed by atoms with Gasteiger partial charge in [-0.05, 0) is 49.6 Å². The fourth-order valence-electron chi connectivity index (χ4n) is 2.13. The van der Waals surface area contributed by atoms with Gasteiger partial charge in [-0.1, -0.05) is 29.8 Å². The normalized spacial score (nSPS) is 16.9. The van der Waals surface area contributed by atoms with Crippen LogP contribution in [0, 0.1) is 0 Å². The average Bonchev–Trinajstić information content (AvgIpc) is 2.28. The lowest BCUT2D eigenvalue weighted by Crippen LogP contribution is -2.24. The van der Waals surface area contributed by atoms with Crippen molar-refractivity contribution in [2.24, 2.45) is 0 Å². The van der Waals surface area contributed by atoms with Gasteiger partial charge in [-0.2, -0.15) is 0 Å². The molecule has 1 aromatic rings. The molecular formula is C13H16ClN. The first-order valence-corrected chi connectivity index (χ1v) is 5.77. The van der Waals surface area contributed by atoms with Gasteiger partial charge in [0.05, 0.1) is 0 Å². The van der Waals surface area contributed by atoms with Gasteiger partial charge in [-0.15, -0.1) is 0 Å². The number of hydrogen-bond donors (Lipinski definition) is 1. The standard InChI is InChI=1S/C13H16ClN/c1-9(15-2)10-5-3-7-12-11(10)6-4-8-13(12)14/h4-6,8-9,15H,3,7H2,1-2H3. The Hall–Kier alpha value is -0.790. The summed E-state index contributed by atoms with van der Waals surface area (Å²) in [5.74, 6) is 0. The second-order valence-corrected chi connectivity index (χ2v) is 4.38. The molecule has 0 heterocycles. The fourth-order valence-corrected chi connectivity index (χ4v) is 2.40. The van der Waals surface area contributed by atoms with Gasteiger partial charge in [0.15, 0.2) is 0 Å². The van der Waals surface area contributed by atoms with E-state index >= 15 is 0 Å². The number of halogens is 1. The highest BCUT2D eigenvalue weighted by molar-refractivity contribution is 6.31. The Morgan fingerprint density at radius 1 is 1.40 bits per heavy atom. The minimum absolute atomic E-state index is 0.391. The van der Waals surface area contributed by atoms with Crippen LogP contribution in [0.2, 0.25) is 5.02 Å². The molecule has 0 spiro atoms. The van der Waals surface area contributed by atoms with Crippen LogP contribution in [0.3, 0.4) is 0 Å². The van der Waals surface area contributed by atoms with E-state index in [9.17, 15) is 0 Å². The van der Waals surface area contributed by atoms with Crippen LogP contribution in [0.15, 0.2) is 24.3 Å². The first-order valence-electron chi connectivity index (χ1n) is 5.39. The van der Waals surface area contributed by atoms with Gasteiger partial charge in [0.2, 0.25) is 0 Å².